The fraction of sp³-hybridized carbons (Fsp3) is 0.417. The van der Waals surface area contributed by atoms with Gasteiger partial charge in [0.05, 0.1) is 27.2 Å². The molecule has 4 rings (SSSR count). The summed E-state index contributed by atoms with van der Waals surface area (Å²) in [6.45, 7) is 0.895. The summed E-state index contributed by atoms with van der Waals surface area (Å²) in [5, 5.41) is 12.1. The summed E-state index contributed by atoms with van der Waals surface area (Å²) in [6, 6.07) is 9.47. The van der Waals surface area contributed by atoms with Crippen LogP contribution in [0.3, 0.4) is 0 Å². The summed E-state index contributed by atoms with van der Waals surface area (Å²) in [5.41, 5.74) is 3.20. The van der Waals surface area contributed by atoms with E-state index in [9.17, 15) is 14.7 Å². The van der Waals surface area contributed by atoms with Gasteiger partial charge in [0.25, 0.3) is 5.91 Å². The molecule has 2 N–H and O–H groups in total. The molecule has 2 aromatic rings. The summed E-state index contributed by atoms with van der Waals surface area (Å²) in [6.07, 6.45) is 3.92. The maximum Gasteiger partial charge on any atom is 0.304 e. The molecular weight excluding hydrogens is 430 g/mol. The predicted molar refractivity (Wildman–Crippen MR) is 123 cm³/mol. The van der Waals surface area contributed by atoms with Crippen molar-refractivity contribution in [2.75, 3.05) is 27.1 Å². The average Bonchev–Trinajstić information content (AvgIpc) is 3.50. The van der Waals surface area contributed by atoms with Crippen LogP contribution in [0.25, 0.3) is 11.1 Å². The zero-order valence-corrected chi connectivity index (χ0v) is 19.2. The van der Waals surface area contributed by atoms with Gasteiger partial charge in [0.1, 0.15) is 0 Å². The van der Waals surface area contributed by atoms with E-state index in [1.54, 1.807) is 26.0 Å². The minimum absolute atomic E-state index is 0.0165. The molecule has 0 saturated heterocycles. The van der Waals surface area contributed by atoms with Crippen LogP contribution in [0.5, 0.6) is 17.2 Å². The van der Waals surface area contributed by atoms with Crippen molar-refractivity contribution in [2.45, 2.75) is 31.1 Å². The van der Waals surface area contributed by atoms with Crippen molar-refractivity contribution in [3.8, 4) is 28.4 Å². The number of ether oxygens (including phenoxy) is 3. The molecule has 32 heavy (non-hydrogen) atoms. The number of methoxy groups -OCH3 is 2. The van der Waals surface area contributed by atoms with Crippen LogP contribution in [-0.2, 0) is 11.3 Å². The zero-order valence-electron chi connectivity index (χ0n) is 18.4. The van der Waals surface area contributed by atoms with Gasteiger partial charge in [-0.05, 0) is 54.5 Å². The Morgan fingerprint density at radius 2 is 1.91 bits per heavy atom. The molecule has 8 heteroatoms. The Morgan fingerprint density at radius 3 is 2.53 bits per heavy atom. The lowest BCUT2D eigenvalue weighted by atomic mass is 9.98. The van der Waals surface area contributed by atoms with Gasteiger partial charge in [0.2, 0.25) is 5.75 Å². The minimum Gasteiger partial charge on any atom is -0.493 e. The smallest absolute Gasteiger partial charge is 0.304 e. The Labute approximate surface area is 191 Å². The van der Waals surface area contributed by atoms with Gasteiger partial charge in [0, 0.05) is 28.3 Å². The number of carbonyl (C=O) groups is 2. The highest BCUT2D eigenvalue weighted by atomic mass is 32.2. The van der Waals surface area contributed by atoms with Gasteiger partial charge in [0.15, 0.2) is 11.5 Å². The number of carboxylic acid groups (broad SMARTS) is 1. The molecule has 1 atom stereocenters. The number of carbonyl (C=O) groups excluding carboxylic acids is 1. The van der Waals surface area contributed by atoms with E-state index >= 15 is 0 Å². The van der Waals surface area contributed by atoms with Crippen molar-refractivity contribution >= 4 is 23.6 Å². The van der Waals surface area contributed by atoms with Crippen molar-refractivity contribution in [3.63, 3.8) is 0 Å². The van der Waals surface area contributed by atoms with Crippen molar-refractivity contribution < 1.29 is 28.9 Å². The largest absolute Gasteiger partial charge is 0.493 e. The van der Waals surface area contributed by atoms with Gasteiger partial charge in [-0.1, -0.05) is 6.07 Å². The molecule has 2 aliphatic rings. The van der Waals surface area contributed by atoms with E-state index in [-0.39, 0.29) is 23.0 Å². The fourth-order valence-corrected chi connectivity index (χ4v) is 5.43. The van der Waals surface area contributed by atoms with Crippen LogP contribution in [0, 0.1) is 5.41 Å². The third kappa shape index (κ3) is 4.11. The number of benzene rings is 2. The maximum absolute atomic E-state index is 11.9. The van der Waals surface area contributed by atoms with E-state index in [1.807, 2.05) is 36.6 Å². The highest BCUT2D eigenvalue weighted by molar-refractivity contribution is 7.99. The lowest BCUT2D eigenvalue weighted by Gasteiger charge is -2.26. The Morgan fingerprint density at radius 1 is 1.16 bits per heavy atom. The van der Waals surface area contributed by atoms with Crippen LogP contribution in [-0.4, -0.2) is 49.3 Å². The summed E-state index contributed by atoms with van der Waals surface area (Å²) in [4.78, 5) is 23.3. The molecule has 0 spiro atoms. The fourth-order valence-electron chi connectivity index (χ4n) is 4.31. The van der Waals surface area contributed by atoms with Gasteiger partial charge < -0.3 is 24.6 Å². The molecule has 1 aliphatic heterocycles. The number of amides is 1. The van der Waals surface area contributed by atoms with Crippen LogP contribution >= 0.6 is 11.8 Å². The van der Waals surface area contributed by atoms with Crippen molar-refractivity contribution in [2.24, 2.45) is 5.41 Å². The van der Waals surface area contributed by atoms with E-state index in [4.69, 9.17) is 14.2 Å². The van der Waals surface area contributed by atoms with Crippen LogP contribution in [0.1, 0.15) is 35.2 Å². The molecule has 1 heterocycles. The van der Waals surface area contributed by atoms with Gasteiger partial charge >= 0.3 is 5.97 Å². The Balaban J connectivity index is 1.69. The number of rotatable bonds is 10. The quantitative estimate of drug-likeness (QED) is 0.557. The SMILES string of the molecule is COc1ccc(-c2ccc3c(c2)CNC3=O)c(OCC2(C(CC(=O)O)SC)CC2)c1OC. The van der Waals surface area contributed by atoms with Crippen molar-refractivity contribution in [1.82, 2.24) is 5.32 Å². The molecule has 0 bridgehead atoms. The second kappa shape index (κ2) is 8.94. The first-order valence-corrected chi connectivity index (χ1v) is 11.7. The van der Waals surface area contributed by atoms with Crippen LogP contribution < -0.4 is 19.5 Å². The predicted octanol–water partition coefficient (Wildman–Crippen LogP) is 3.98. The zero-order chi connectivity index (χ0) is 22.9. The van der Waals surface area contributed by atoms with E-state index in [0.29, 0.717) is 36.0 Å². The number of aliphatic carboxylic acids is 1. The third-order valence-electron chi connectivity index (χ3n) is 6.32. The Bertz CT molecular complexity index is 1050. The lowest BCUT2D eigenvalue weighted by molar-refractivity contribution is -0.137. The highest BCUT2D eigenvalue weighted by Gasteiger charge is 2.50. The molecule has 7 nitrogen and oxygen atoms in total. The molecule has 0 aromatic heterocycles. The standard InChI is InChI=1S/C24H27NO6S/c1-29-18-7-6-16(14-4-5-17-15(10-14)12-25-23(17)28)21(22(18)30-2)31-13-24(8-9-24)19(32-3)11-20(26)27/h4-7,10,19H,8-9,11-13H2,1-3H3,(H,25,28)(H,26,27). The first-order chi connectivity index (χ1) is 15.4. The number of thioether (sulfide) groups is 1. The van der Waals surface area contributed by atoms with E-state index in [1.165, 1.54) is 0 Å². The summed E-state index contributed by atoms with van der Waals surface area (Å²) < 4.78 is 17.5. The molecule has 1 saturated carbocycles. The van der Waals surface area contributed by atoms with E-state index in [2.05, 4.69) is 5.32 Å². The van der Waals surface area contributed by atoms with Crippen LogP contribution in [0.4, 0.5) is 0 Å². The number of carboxylic acids is 1. The van der Waals surface area contributed by atoms with Crippen LogP contribution in [0.2, 0.25) is 0 Å². The number of nitrogens with one attached hydrogen (secondary N) is 1. The summed E-state index contributed by atoms with van der Waals surface area (Å²) in [5.74, 6) is 0.755. The summed E-state index contributed by atoms with van der Waals surface area (Å²) >= 11 is 1.58. The maximum atomic E-state index is 11.9. The highest BCUT2D eigenvalue weighted by Crippen LogP contribution is 2.55. The first kappa shape index (κ1) is 22.3. The molecule has 0 radical (unpaired) electrons. The molecular formula is C24H27NO6S. The second-order valence-electron chi connectivity index (χ2n) is 8.21. The molecule has 170 valence electrons. The van der Waals surface area contributed by atoms with Gasteiger partial charge in [-0.3, -0.25) is 9.59 Å². The van der Waals surface area contributed by atoms with Crippen molar-refractivity contribution in [1.29, 1.82) is 0 Å². The normalized spacial score (nSPS) is 16.7. The third-order valence-corrected chi connectivity index (χ3v) is 7.56. The molecule has 1 aliphatic carbocycles. The first-order valence-electron chi connectivity index (χ1n) is 10.5. The van der Waals surface area contributed by atoms with Crippen LogP contribution in [0.15, 0.2) is 30.3 Å². The topological polar surface area (TPSA) is 94.1 Å². The molecule has 1 fully saturated rings. The minimum atomic E-state index is -0.795. The second-order valence-corrected chi connectivity index (χ2v) is 9.25. The Hall–Kier alpha value is -2.87. The monoisotopic (exact) mass is 457 g/mol. The van der Waals surface area contributed by atoms with Gasteiger partial charge in [-0.15, -0.1) is 0 Å². The van der Waals surface area contributed by atoms with Gasteiger partial charge in [-0.2, -0.15) is 11.8 Å². The molecule has 1 unspecified atom stereocenters. The van der Waals surface area contributed by atoms with E-state index < -0.39 is 5.97 Å². The number of hydrogen-bond acceptors (Lipinski definition) is 6. The number of fused-ring (bicyclic) bond motifs is 1. The molecule has 2 aromatic carbocycles. The lowest BCUT2D eigenvalue weighted by Crippen LogP contribution is -2.28. The average molecular weight is 458 g/mol. The van der Waals surface area contributed by atoms with Gasteiger partial charge in [-0.25, -0.2) is 0 Å². The van der Waals surface area contributed by atoms with Crippen molar-refractivity contribution in [3.05, 3.63) is 41.5 Å². The summed E-state index contributed by atoms with van der Waals surface area (Å²) in [7, 11) is 3.15. The number of hydrogen-bond donors (Lipinski definition) is 2. The molecule has 1 amide bonds. The van der Waals surface area contributed by atoms with E-state index in [0.717, 1.165) is 29.5 Å². The Kier molecular flexibility index (Phi) is 6.24.